The summed E-state index contributed by atoms with van der Waals surface area (Å²) >= 11 is 1.69. The zero-order chi connectivity index (χ0) is 16.1. The van der Waals surface area contributed by atoms with Crippen molar-refractivity contribution in [2.45, 2.75) is 32.4 Å². The molecule has 1 aliphatic heterocycles. The quantitative estimate of drug-likeness (QED) is 0.909. The zero-order valence-corrected chi connectivity index (χ0v) is 14.1. The number of hydrogen-bond donors (Lipinski definition) is 1. The fourth-order valence-corrected chi connectivity index (χ4v) is 3.55. The zero-order valence-electron chi connectivity index (χ0n) is 13.3. The molecule has 0 atom stereocenters. The third kappa shape index (κ3) is 4.33. The molecule has 0 spiro atoms. The number of hydrogen-bond acceptors (Lipinski definition) is 3. The second-order valence-electron chi connectivity index (χ2n) is 5.85. The van der Waals surface area contributed by atoms with Gasteiger partial charge < -0.3 is 15.0 Å². The molecule has 0 saturated carbocycles. The van der Waals surface area contributed by atoms with Gasteiger partial charge in [-0.2, -0.15) is 0 Å². The first kappa shape index (κ1) is 16.0. The SMILES string of the molecule is Cc1cccc(NC(=O)N(Cc2cccs2)C2CCOCC2)c1. The molecular formula is C18H22N2O2S. The minimum atomic E-state index is -0.0316. The first-order chi connectivity index (χ1) is 11.2. The first-order valence-corrected chi connectivity index (χ1v) is 8.85. The standard InChI is InChI=1S/C18H22N2O2S/c1-14-4-2-5-15(12-14)19-18(21)20(13-17-6-3-11-23-17)16-7-9-22-10-8-16/h2-6,11-12,16H,7-10,13H2,1H3,(H,19,21). The number of amides is 2. The van der Waals surface area contributed by atoms with E-state index >= 15 is 0 Å². The molecule has 1 aromatic heterocycles. The number of nitrogens with one attached hydrogen (secondary N) is 1. The largest absolute Gasteiger partial charge is 0.381 e. The maximum absolute atomic E-state index is 12.8. The molecule has 2 amide bonds. The summed E-state index contributed by atoms with van der Waals surface area (Å²) in [6.45, 7) is 4.13. The lowest BCUT2D eigenvalue weighted by atomic mass is 10.1. The highest BCUT2D eigenvalue weighted by Gasteiger charge is 2.26. The van der Waals surface area contributed by atoms with Gasteiger partial charge in [-0.3, -0.25) is 0 Å². The fraction of sp³-hybridized carbons (Fsp3) is 0.389. The second-order valence-corrected chi connectivity index (χ2v) is 6.88. The van der Waals surface area contributed by atoms with Crippen LogP contribution in [0.15, 0.2) is 41.8 Å². The number of anilines is 1. The highest BCUT2D eigenvalue weighted by molar-refractivity contribution is 7.09. The molecule has 0 unspecified atom stereocenters. The normalized spacial score (nSPS) is 15.3. The van der Waals surface area contributed by atoms with Gasteiger partial charge in [-0.1, -0.05) is 18.2 Å². The molecule has 3 rings (SSSR count). The van der Waals surface area contributed by atoms with E-state index in [1.807, 2.05) is 42.2 Å². The summed E-state index contributed by atoms with van der Waals surface area (Å²) in [5.41, 5.74) is 1.98. The van der Waals surface area contributed by atoms with Crippen molar-refractivity contribution < 1.29 is 9.53 Å². The van der Waals surface area contributed by atoms with Crippen molar-refractivity contribution >= 4 is 23.1 Å². The van der Waals surface area contributed by atoms with E-state index in [1.54, 1.807) is 11.3 Å². The maximum Gasteiger partial charge on any atom is 0.322 e. The lowest BCUT2D eigenvalue weighted by Gasteiger charge is -2.34. The summed E-state index contributed by atoms with van der Waals surface area (Å²) in [5.74, 6) is 0. The molecule has 2 heterocycles. The molecule has 0 bridgehead atoms. The van der Waals surface area contributed by atoms with Crippen LogP contribution in [0.2, 0.25) is 0 Å². The van der Waals surface area contributed by atoms with Gasteiger partial charge in [-0.05, 0) is 48.9 Å². The molecule has 122 valence electrons. The number of rotatable bonds is 4. The molecule has 2 aromatic rings. The van der Waals surface area contributed by atoms with Crippen LogP contribution in [0, 0.1) is 6.92 Å². The van der Waals surface area contributed by atoms with Gasteiger partial charge >= 0.3 is 6.03 Å². The van der Waals surface area contributed by atoms with Crippen molar-refractivity contribution in [3.8, 4) is 0 Å². The number of ether oxygens (including phenoxy) is 1. The molecule has 1 saturated heterocycles. The molecule has 0 radical (unpaired) electrons. The summed E-state index contributed by atoms with van der Waals surface area (Å²) in [4.78, 5) is 16.0. The van der Waals surface area contributed by atoms with Crippen LogP contribution in [-0.2, 0) is 11.3 Å². The van der Waals surface area contributed by atoms with E-state index in [2.05, 4.69) is 16.8 Å². The van der Waals surface area contributed by atoms with Crippen molar-refractivity contribution in [2.24, 2.45) is 0 Å². The minimum absolute atomic E-state index is 0.0316. The first-order valence-electron chi connectivity index (χ1n) is 7.97. The minimum Gasteiger partial charge on any atom is -0.381 e. The van der Waals surface area contributed by atoms with Crippen molar-refractivity contribution in [2.75, 3.05) is 18.5 Å². The highest BCUT2D eigenvalue weighted by atomic mass is 32.1. The predicted octanol–water partition coefficient (Wildman–Crippen LogP) is 4.27. The smallest absolute Gasteiger partial charge is 0.322 e. The topological polar surface area (TPSA) is 41.6 Å². The Morgan fingerprint density at radius 3 is 2.83 bits per heavy atom. The summed E-state index contributed by atoms with van der Waals surface area (Å²) < 4.78 is 5.44. The number of thiophene rings is 1. The van der Waals surface area contributed by atoms with Gasteiger partial charge in [0.1, 0.15) is 0 Å². The molecule has 0 aliphatic carbocycles. The monoisotopic (exact) mass is 330 g/mol. The van der Waals surface area contributed by atoms with E-state index in [9.17, 15) is 4.79 Å². The number of carbonyl (C=O) groups excluding carboxylic acids is 1. The van der Waals surface area contributed by atoms with E-state index in [1.165, 1.54) is 4.88 Å². The summed E-state index contributed by atoms with van der Waals surface area (Å²) in [7, 11) is 0. The van der Waals surface area contributed by atoms with Crippen LogP contribution in [0.4, 0.5) is 10.5 Å². The molecule has 1 aliphatic rings. The lowest BCUT2D eigenvalue weighted by Crippen LogP contribution is -2.44. The van der Waals surface area contributed by atoms with Crippen LogP contribution in [-0.4, -0.2) is 30.2 Å². The second kappa shape index (κ2) is 7.62. The van der Waals surface area contributed by atoms with Gasteiger partial charge in [0.05, 0.1) is 6.54 Å². The van der Waals surface area contributed by atoms with Gasteiger partial charge in [-0.25, -0.2) is 4.79 Å². The number of aryl methyl sites for hydroxylation is 1. The summed E-state index contributed by atoms with van der Waals surface area (Å²) in [6.07, 6.45) is 1.79. The number of nitrogens with zero attached hydrogens (tertiary/aromatic N) is 1. The average Bonchev–Trinajstić information content (AvgIpc) is 3.06. The molecule has 4 nitrogen and oxygen atoms in total. The lowest BCUT2D eigenvalue weighted by molar-refractivity contribution is 0.0462. The Kier molecular flexibility index (Phi) is 5.31. The maximum atomic E-state index is 12.8. The molecule has 23 heavy (non-hydrogen) atoms. The van der Waals surface area contributed by atoms with Gasteiger partial charge in [0.2, 0.25) is 0 Å². The van der Waals surface area contributed by atoms with Gasteiger partial charge in [0.25, 0.3) is 0 Å². The third-order valence-corrected chi connectivity index (χ3v) is 4.93. The molecule has 1 N–H and O–H groups in total. The number of carbonyl (C=O) groups is 1. The number of benzene rings is 1. The Balaban J connectivity index is 1.74. The molecular weight excluding hydrogens is 308 g/mol. The van der Waals surface area contributed by atoms with E-state index in [0.29, 0.717) is 6.54 Å². The molecule has 5 heteroatoms. The van der Waals surface area contributed by atoms with Gasteiger partial charge in [-0.15, -0.1) is 11.3 Å². The van der Waals surface area contributed by atoms with Crippen molar-refractivity contribution in [3.05, 3.63) is 52.2 Å². The Labute approximate surface area is 141 Å². The van der Waals surface area contributed by atoms with E-state index in [-0.39, 0.29) is 12.1 Å². The van der Waals surface area contributed by atoms with Crippen molar-refractivity contribution in [1.29, 1.82) is 0 Å². The third-order valence-electron chi connectivity index (χ3n) is 4.07. The molecule has 1 fully saturated rings. The number of urea groups is 1. The Morgan fingerprint density at radius 2 is 2.13 bits per heavy atom. The van der Waals surface area contributed by atoms with Crippen LogP contribution in [0.5, 0.6) is 0 Å². The average molecular weight is 330 g/mol. The molecule has 1 aromatic carbocycles. The predicted molar refractivity (Wildman–Crippen MR) is 93.9 cm³/mol. The van der Waals surface area contributed by atoms with Crippen LogP contribution in [0.25, 0.3) is 0 Å². The Morgan fingerprint density at radius 1 is 1.30 bits per heavy atom. The van der Waals surface area contributed by atoms with Crippen LogP contribution in [0.3, 0.4) is 0 Å². The van der Waals surface area contributed by atoms with Crippen molar-refractivity contribution in [3.63, 3.8) is 0 Å². The van der Waals surface area contributed by atoms with Crippen molar-refractivity contribution in [1.82, 2.24) is 4.90 Å². The van der Waals surface area contributed by atoms with Crippen LogP contribution >= 0.6 is 11.3 Å². The van der Waals surface area contributed by atoms with Crippen LogP contribution in [0.1, 0.15) is 23.3 Å². The fourth-order valence-electron chi connectivity index (χ4n) is 2.85. The summed E-state index contributed by atoms with van der Waals surface area (Å²) in [6, 6.07) is 12.2. The van der Waals surface area contributed by atoms with E-state index in [0.717, 1.165) is 37.3 Å². The highest BCUT2D eigenvalue weighted by Crippen LogP contribution is 2.21. The Bertz CT molecular complexity index is 636. The van der Waals surface area contributed by atoms with E-state index in [4.69, 9.17) is 4.74 Å². The van der Waals surface area contributed by atoms with Gasteiger partial charge in [0, 0.05) is 29.8 Å². The summed E-state index contributed by atoms with van der Waals surface area (Å²) in [5, 5.41) is 5.09. The Hall–Kier alpha value is -1.85. The van der Waals surface area contributed by atoms with E-state index < -0.39 is 0 Å². The van der Waals surface area contributed by atoms with Crippen LogP contribution < -0.4 is 5.32 Å². The van der Waals surface area contributed by atoms with Gasteiger partial charge in [0.15, 0.2) is 0 Å².